The molecule has 2 aliphatic rings. The lowest BCUT2D eigenvalue weighted by molar-refractivity contribution is -0.0293. The Kier molecular flexibility index (Phi) is 4.93. The lowest BCUT2D eigenvalue weighted by Gasteiger charge is -2.48. The summed E-state index contributed by atoms with van der Waals surface area (Å²) in [7, 11) is 0. The first kappa shape index (κ1) is 15.7. The van der Waals surface area contributed by atoms with Crippen molar-refractivity contribution in [2.75, 3.05) is 38.2 Å². The molecule has 0 aliphatic carbocycles. The normalized spacial score (nSPS) is 22.5. The van der Waals surface area contributed by atoms with Gasteiger partial charge in [-0.1, -0.05) is 6.42 Å². The van der Waals surface area contributed by atoms with E-state index in [1.54, 1.807) is 0 Å². The third-order valence-corrected chi connectivity index (χ3v) is 5.01. The van der Waals surface area contributed by atoms with Gasteiger partial charge in [-0.3, -0.25) is 4.90 Å². The number of aromatic nitrogens is 2. The van der Waals surface area contributed by atoms with Gasteiger partial charge in [0.15, 0.2) is 0 Å². The van der Waals surface area contributed by atoms with Crippen molar-refractivity contribution in [1.82, 2.24) is 14.9 Å². The average molecular weight is 304 g/mol. The lowest BCUT2D eigenvalue weighted by atomic mass is 9.86. The minimum atomic E-state index is 0.228. The van der Waals surface area contributed by atoms with Crippen LogP contribution in [0.3, 0.4) is 0 Å². The Balaban J connectivity index is 1.72. The topological polar surface area (TPSA) is 50.3 Å². The van der Waals surface area contributed by atoms with Crippen molar-refractivity contribution < 1.29 is 4.74 Å². The highest BCUT2D eigenvalue weighted by molar-refractivity contribution is 5.36. The number of hydrogen-bond acceptors (Lipinski definition) is 5. The summed E-state index contributed by atoms with van der Waals surface area (Å²) in [5.41, 5.74) is 1.25. The van der Waals surface area contributed by atoms with Gasteiger partial charge >= 0.3 is 0 Å². The van der Waals surface area contributed by atoms with E-state index < -0.39 is 0 Å². The number of aryl methyl sites for hydroxylation is 2. The van der Waals surface area contributed by atoms with Crippen LogP contribution in [0.4, 0.5) is 5.82 Å². The molecule has 5 nitrogen and oxygen atoms in total. The molecule has 0 aromatic carbocycles. The molecular weight excluding hydrogens is 276 g/mol. The summed E-state index contributed by atoms with van der Waals surface area (Å²) in [6.45, 7) is 9.13. The molecule has 0 bridgehead atoms. The van der Waals surface area contributed by atoms with E-state index in [-0.39, 0.29) is 5.54 Å². The van der Waals surface area contributed by atoms with Crippen LogP contribution in [0.5, 0.6) is 0 Å². The smallest absolute Gasteiger partial charge is 0.129 e. The van der Waals surface area contributed by atoms with Crippen molar-refractivity contribution in [3.8, 4) is 0 Å². The summed E-state index contributed by atoms with van der Waals surface area (Å²) in [6.07, 6.45) is 6.26. The molecule has 0 amide bonds. The monoisotopic (exact) mass is 304 g/mol. The summed E-state index contributed by atoms with van der Waals surface area (Å²) < 4.78 is 5.63. The molecule has 1 aromatic heterocycles. The average Bonchev–Trinajstić information content (AvgIpc) is 2.54. The number of piperidine rings is 1. The maximum atomic E-state index is 5.63. The fraction of sp³-hybridized carbons (Fsp3) is 0.765. The van der Waals surface area contributed by atoms with E-state index in [0.717, 1.165) is 49.9 Å². The maximum absolute atomic E-state index is 5.63. The van der Waals surface area contributed by atoms with Crippen LogP contribution in [0.25, 0.3) is 0 Å². The van der Waals surface area contributed by atoms with E-state index in [1.807, 2.05) is 19.9 Å². The van der Waals surface area contributed by atoms with Gasteiger partial charge in [-0.2, -0.15) is 0 Å². The van der Waals surface area contributed by atoms with Crippen LogP contribution in [0.15, 0.2) is 6.07 Å². The van der Waals surface area contributed by atoms with E-state index in [2.05, 4.69) is 20.2 Å². The number of ether oxygens (including phenoxy) is 1. The van der Waals surface area contributed by atoms with Gasteiger partial charge in [-0.05, 0) is 52.6 Å². The summed E-state index contributed by atoms with van der Waals surface area (Å²) in [6, 6.07) is 2.04. The zero-order valence-electron chi connectivity index (χ0n) is 13.9. The molecule has 0 radical (unpaired) electrons. The number of rotatable bonds is 4. The summed E-state index contributed by atoms with van der Waals surface area (Å²) in [5.74, 6) is 1.79. The molecule has 2 aliphatic heterocycles. The van der Waals surface area contributed by atoms with E-state index in [1.165, 1.54) is 32.4 Å². The van der Waals surface area contributed by atoms with Crippen molar-refractivity contribution >= 4 is 5.82 Å². The second kappa shape index (κ2) is 6.92. The van der Waals surface area contributed by atoms with E-state index in [0.29, 0.717) is 0 Å². The Morgan fingerprint density at radius 3 is 2.55 bits per heavy atom. The van der Waals surface area contributed by atoms with Gasteiger partial charge < -0.3 is 10.1 Å². The molecule has 0 unspecified atom stereocenters. The summed E-state index contributed by atoms with van der Waals surface area (Å²) in [4.78, 5) is 11.6. The molecular formula is C17H28N4O. The van der Waals surface area contributed by atoms with Gasteiger partial charge in [0.25, 0.3) is 0 Å². The van der Waals surface area contributed by atoms with Crippen LogP contribution in [0.1, 0.15) is 43.6 Å². The minimum Gasteiger partial charge on any atom is -0.381 e. The van der Waals surface area contributed by atoms with E-state index in [9.17, 15) is 0 Å². The zero-order chi connectivity index (χ0) is 15.4. The van der Waals surface area contributed by atoms with Gasteiger partial charge in [-0.15, -0.1) is 0 Å². The number of nitrogens with zero attached hydrogens (tertiary/aromatic N) is 3. The number of likely N-dealkylation sites (tertiary alicyclic amines) is 1. The Hall–Kier alpha value is -1.20. The van der Waals surface area contributed by atoms with Gasteiger partial charge in [0.05, 0.1) is 0 Å². The number of anilines is 1. The fourth-order valence-corrected chi connectivity index (χ4v) is 3.79. The highest BCUT2D eigenvalue weighted by atomic mass is 16.5. The molecule has 122 valence electrons. The van der Waals surface area contributed by atoms with Crippen molar-refractivity contribution in [2.45, 2.75) is 51.5 Å². The number of nitrogens with one attached hydrogen (secondary N) is 1. The third kappa shape index (κ3) is 3.58. The Morgan fingerprint density at radius 1 is 1.14 bits per heavy atom. The predicted octanol–water partition coefficient (Wildman–Crippen LogP) is 2.54. The highest BCUT2D eigenvalue weighted by Crippen LogP contribution is 2.31. The molecule has 3 rings (SSSR count). The summed E-state index contributed by atoms with van der Waals surface area (Å²) in [5, 5.41) is 3.59. The van der Waals surface area contributed by atoms with E-state index in [4.69, 9.17) is 4.74 Å². The van der Waals surface area contributed by atoms with Gasteiger partial charge in [-0.25, -0.2) is 9.97 Å². The Labute approximate surface area is 133 Å². The molecule has 1 aromatic rings. The molecule has 0 saturated carbocycles. The highest BCUT2D eigenvalue weighted by Gasteiger charge is 2.38. The fourth-order valence-electron chi connectivity index (χ4n) is 3.79. The first-order valence-electron chi connectivity index (χ1n) is 8.57. The SMILES string of the molecule is Cc1cc(NCC2(N3CCCCC3)CCOCC2)nc(C)n1. The van der Waals surface area contributed by atoms with Crippen LogP contribution in [-0.2, 0) is 4.74 Å². The van der Waals surface area contributed by atoms with Gasteiger partial charge in [0.2, 0.25) is 0 Å². The van der Waals surface area contributed by atoms with E-state index >= 15 is 0 Å². The minimum absolute atomic E-state index is 0.228. The van der Waals surface area contributed by atoms with Crippen molar-refractivity contribution in [3.63, 3.8) is 0 Å². The predicted molar refractivity (Wildman–Crippen MR) is 88.2 cm³/mol. The standard InChI is InChI=1S/C17H28N4O/c1-14-12-16(20-15(2)19-14)18-13-17(6-10-22-11-7-17)21-8-4-3-5-9-21/h12H,3-11,13H2,1-2H3,(H,18,19,20). The largest absolute Gasteiger partial charge is 0.381 e. The van der Waals surface area contributed by atoms with Crippen LogP contribution in [0, 0.1) is 13.8 Å². The Bertz CT molecular complexity index is 473. The van der Waals surface area contributed by atoms with Gasteiger partial charge in [0.1, 0.15) is 11.6 Å². The van der Waals surface area contributed by atoms with Crippen LogP contribution in [-0.4, -0.2) is 53.3 Å². The van der Waals surface area contributed by atoms with Crippen LogP contribution >= 0.6 is 0 Å². The molecule has 22 heavy (non-hydrogen) atoms. The second-order valence-electron chi connectivity index (χ2n) is 6.68. The number of hydrogen-bond donors (Lipinski definition) is 1. The molecule has 3 heterocycles. The first-order valence-corrected chi connectivity index (χ1v) is 8.57. The van der Waals surface area contributed by atoms with Crippen molar-refractivity contribution in [2.24, 2.45) is 0 Å². The zero-order valence-corrected chi connectivity index (χ0v) is 13.9. The molecule has 1 N–H and O–H groups in total. The molecule has 0 atom stereocenters. The maximum Gasteiger partial charge on any atom is 0.129 e. The molecule has 2 saturated heterocycles. The van der Waals surface area contributed by atoms with Gasteiger partial charge in [0, 0.05) is 37.1 Å². The third-order valence-electron chi connectivity index (χ3n) is 5.01. The molecule has 2 fully saturated rings. The van der Waals surface area contributed by atoms with Crippen LogP contribution in [0.2, 0.25) is 0 Å². The molecule has 5 heteroatoms. The molecule has 0 spiro atoms. The lowest BCUT2D eigenvalue weighted by Crippen LogP contribution is -2.57. The summed E-state index contributed by atoms with van der Waals surface area (Å²) >= 11 is 0. The van der Waals surface area contributed by atoms with Crippen molar-refractivity contribution in [1.29, 1.82) is 0 Å². The van der Waals surface area contributed by atoms with Crippen molar-refractivity contribution in [3.05, 3.63) is 17.6 Å². The second-order valence-corrected chi connectivity index (χ2v) is 6.68. The first-order chi connectivity index (χ1) is 10.7. The Morgan fingerprint density at radius 2 is 1.86 bits per heavy atom. The van der Waals surface area contributed by atoms with Crippen LogP contribution < -0.4 is 5.32 Å². The quantitative estimate of drug-likeness (QED) is 0.926.